The monoisotopic (exact) mass is 254 g/mol. The molecule has 5 heteroatoms. The van der Waals surface area contributed by atoms with Crippen molar-refractivity contribution in [1.82, 2.24) is 5.32 Å². The molecule has 94 valence electrons. The van der Waals surface area contributed by atoms with E-state index in [1.54, 1.807) is 6.07 Å². The second kappa shape index (κ2) is 4.66. The first-order valence-corrected chi connectivity index (χ1v) is 7.43. The summed E-state index contributed by atoms with van der Waals surface area (Å²) in [5.74, 6) is 0.215. The predicted octanol–water partition coefficient (Wildman–Crippen LogP) is 0.808. The van der Waals surface area contributed by atoms with Crippen molar-refractivity contribution in [3.63, 3.8) is 0 Å². The standard InChI is InChI=1S/C12H18N2O2S/c1-10-3-4-11-12(9-10)17(15,16)8-7-14(11)6-5-13-2/h3-4,9,13H,5-8H2,1-2H3. The first-order chi connectivity index (χ1) is 8.04. The van der Waals surface area contributed by atoms with Crippen LogP contribution < -0.4 is 10.2 Å². The molecule has 1 N–H and O–H groups in total. The van der Waals surface area contributed by atoms with Crippen LogP contribution >= 0.6 is 0 Å². The summed E-state index contributed by atoms with van der Waals surface area (Å²) in [6.45, 7) is 4.19. The van der Waals surface area contributed by atoms with E-state index in [1.807, 2.05) is 26.1 Å². The Hall–Kier alpha value is -1.07. The highest BCUT2D eigenvalue weighted by Gasteiger charge is 2.27. The minimum Gasteiger partial charge on any atom is -0.368 e. The maximum Gasteiger partial charge on any atom is 0.182 e. The Bertz CT molecular complexity index is 511. The Morgan fingerprint density at radius 3 is 2.88 bits per heavy atom. The van der Waals surface area contributed by atoms with Gasteiger partial charge in [-0.3, -0.25) is 0 Å². The Morgan fingerprint density at radius 2 is 2.18 bits per heavy atom. The van der Waals surface area contributed by atoms with Crippen LogP contribution in [0.3, 0.4) is 0 Å². The van der Waals surface area contributed by atoms with E-state index in [1.165, 1.54) is 0 Å². The Morgan fingerprint density at radius 1 is 1.41 bits per heavy atom. The molecule has 1 aliphatic rings. The fourth-order valence-corrected chi connectivity index (χ4v) is 3.63. The number of hydrogen-bond acceptors (Lipinski definition) is 4. The predicted molar refractivity (Wildman–Crippen MR) is 69.4 cm³/mol. The maximum atomic E-state index is 12.0. The molecular weight excluding hydrogens is 236 g/mol. The molecule has 0 spiro atoms. The molecule has 0 amide bonds. The fraction of sp³-hybridized carbons (Fsp3) is 0.500. The van der Waals surface area contributed by atoms with Crippen molar-refractivity contribution in [2.75, 3.05) is 37.3 Å². The van der Waals surface area contributed by atoms with Crippen LogP contribution in [0.4, 0.5) is 5.69 Å². The largest absolute Gasteiger partial charge is 0.368 e. The third-order valence-electron chi connectivity index (χ3n) is 3.05. The molecule has 0 saturated heterocycles. The van der Waals surface area contributed by atoms with Crippen molar-refractivity contribution >= 4 is 15.5 Å². The lowest BCUT2D eigenvalue weighted by atomic mass is 10.2. The van der Waals surface area contributed by atoms with Crippen LogP contribution in [0.2, 0.25) is 0 Å². The van der Waals surface area contributed by atoms with Crippen molar-refractivity contribution in [2.45, 2.75) is 11.8 Å². The number of nitrogens with one attached hydrogen (secondary N) is 1. The molecule has 1 aromatic rings. The van der Waals surface area contributed by atoms with E-state index < -0.39 is 9.84 Å². The lowest BCUT2D eigenvalue weighted by Crippen LogP contribution is -2.39. The number of aryl methyl sites for hydroxylation is 1. The van der Waals surface area contributed by atoms with E-state index in [-0.39, 0.29) is 5.75 Å². The van der Waals surface area contributed by atoms with E-state index in [0.29, 0.717) is 11.4 Å². The highest BCUT2D eigenvalue weighted by Crippen LogP contribution is 2.30. The first kappa shape index (κ1) is 12.4. The third-order valence-corrected chi connectivity index (χ3v) is 4.77. The average Bonchev–Trinajstić information content (AvgIpc) is 2.29. The van der Waals surface area contributed by atoms with Gasteiger partial charge in [0.2, 0.25) is 0 Å². The van der Waals surface area contributed by atoms with Gasteiger partial charge in [-0.1, -0.05) is 6.07 Å². The molecule has 0 aromatic heterocycles. The number of benzene rings is 1. The second-order valence-corrected chi connectivity index (χ2v) is 6.46. The van der Waals surface area contributed by atoms with Crippen LogP contribution in [-0.2, 0) is 9.84 Å². The Kier molecular flexibility index (Phi) is 3.40. The van der Waals surface area contributed by atoms with Gasteiger partial charge in [-0.25, -0.2) is 8.42 Å². The molecule has 0 radical (unpaired) electrons. The number of sulfone groups is 1. The van der Waals surface area contributed by atoms with Gasteiger partial charge in [0.05, 0.1) is 16.3 Å². The molecule has 1 aliphatic heterocycles. The second-order valence-electron chi connectivity index (χ2n) is 4.38. The summed E-state index contributed by atoms with van der Waals surface area (Å²) in [7, 11) is -1.19. The molecule has 2 rings (SSSR count). The number of hydrogen-bond donors (Lipinski definition) is 1. The average molecular weight is 254 g/mol. The molecule has 17 heavy (non-hydrogen) atoms. The van der Waals surface area contributed by atoms with Crippen LogP contribution in [0.1, 0.15) is 5.56 Å². The molecule has 0 aliphatic carbocycles. The molecule has 0 fully saturated rings. The molecule has 0 bridgehead atoms. The van der Waals surface area contributed by atoms with E-state index in [0.717, 1.165) is 24.3 Å². The third kappa shape index (κ3) is 2.45. The number of anilines is 1. The number of likely N-dealkylation sites (N-methyl/N-ethyl adjacent to an activating group) is 1. The first-order valence-electron chi connectivity index (χ1n) is 5.77. The van der Waals surface area contributed by atoms with E-state index in [4.69, 9.17) is 0 Å². The van der Waals surface area contributed by atoms with Gasteiger partial charge in [0.25, 0.3) is 0 Å². The van der Waals surface area contributed by atoms with Crippen molar-refractivity contribution in [3.05, 3.63) is 23.8 Å². The van der Waals surface area contributed by atoms with E-state index in [9.17, 15) is 8.42 Å². The molecule has 0 unspecified atom stereocenters. The van der Waals surface area contributed by atoms with Crippen LogP contribution in [0.5, 0.6) is 0 Å². The molecule has 1 aromatic carbocycles. The van der Waals surface area contributed by atoms with Crippen molar-refractivity contribution in [1.29, 1.82) is 0 Å². The highest BCUT2D eigenvalue weighted by atomic mass is 32.2. The van der Waals surface area contributed by atoms with Gasteiger partial charge < -0.3 is 10.2 Å². The number of rotatable bonds is 3. The quantitative estimate of drug-likeness (QED) is 0.867. The topological polar surface area (TPSA) is 49.4 Å². The Balaban J connectivity index is 2.41. The lowest BCUT2D eigenvalue weighted by Gasteiger charge is -2.31. The molecule has 1 heterocycles. The van der Waals surface area contributed by atoms with E-state index >= 15 is 0 Å². The van der Waals surface area contributed by atoms with Gasteiger partial charge >= 0.3 is 0 Å². The van der Waals surface area contributed by atoms with Crippen molar-refractivity contribution in [2.24, 2.45) is 0 Å². The zero-order valence-electron chi connectivity index (χ0n) is 10.2. The van der Waals surface area contributed by atoms with Gasteiger partial charge in [-0.2, -0.15) is 0 Å². The van der Waals surface area contributed by atoms with Gasteiger partial charge in [0.1, 0.15) is 0 Å². The highest BCUT2D eigenvalue weighted by molar-refractivity contribution is 7.91. The summed E-state index contributed by atoms with van der Waals surface area (Å²) < 4.78 is 24.0. The van der Waals surface area contributed by atoms with Crippen LogP contribution in [-0.4, -0.2) is 40.9 Å². The summed E-state index contributed by atoms with van der Waals surface area (Å²) in [5.41, 5.74) is 1.83. The number of nitrogens with zero attached hydrogens (tertiary/aromatic N) is 1. The van der Waals surface area contributed by atoms with Gasteiger partial charge in [-0.15, -0.1) is 0 Å². The Labute approximate surface area is 103 Å². The molecule has 0 saturated carbocycles. The van der Waals surface area contributed by atoms with Gasteiger partial charge in [0.15, 0.2) is 9.84 Å². The van der Waals surface area contributed by atoms with Crippen LogP contribution in [0, 0.1) is 6.92 Å². The van der Waals surface area contributed by atoms with Crippen LogP contribution in [0.25, 0.3) is 0 Å². The fourth-order valence-electron chi connectivity index (χ4n) is 2.07. The molecular formula is C12H18N2O2S. The summed E-state index contributed by atoms with van der Waals surface area (Å²) in [5, 5.41) is 3.09. The minimum absolute atomic E-state index is 0.215. The van der Waals surface area contributed by atoms with E-state index in [2.05, 4.69) is 10.2 Å². The minimum atomic E-state index is -3.08. The summed E-state index contributed by atoms with van der Waals surface area (Å²) in [4.78, 5) is 2.62. The summed E-state index contributed by atoms with van der Waals surface area (Å²) in [6, 6.07) is 5.65. The van der Waals surface area contributed by atoms with Crippen molar-refractivity contribution < 1.29 is 8.42 Å². The smallest absolute Gasteiger partial charge is 0.182 e. The van der Waals surface area contributed by atoms with Gasteiger partial charge in [0, 0.05) is 19.6 Å². The van der Waals surface area contributed by atoms with Crippen molar-refractivity contribution in [3.8, 4) is 0 Å². The zero-order valence-corrected chi connectivity index (χ0v) is 11.0. The van der Waals surface area contributed by atoms with Gasteiger partial charge in [-0.05, 0) is 31.7 Å². The lowest BCUT2D eigenvalue weighted by molar-refractivity contribution is 0.588. The summed E-state index contributed by atoms with van der Waals surface area (Å²) >= 11 is 0. The SMILES string of the molecule is CNCCN1CCS(=O)(=O)c2cc(C)ccc21. The zero-order chi connectivity index (χ0) is 12.5. The molecule has 4 nitrogen and oxygen atoms in total. The molecule has 0 atom stereocenters. The van der Waals surface area contributed by atoms with Crippen LogP contribution in [0.15, 0.2) is 23.1 Å². The maximum absolute atomic E-state index is 12.0. The number of fused-ring (bicyclic) bond motifs is 1. The summed E-state index contributed by atoms with van der Waals surface area (Å²) in [6.07, 6.45) is 0. The normalized spacial score (nSPS) is 17.9.